The number of unbranched alkanes of at least 4 members (excludes halogenated alkanes) is 3. The van der Waals surface area contributed by atoms with Crippen molar-refractivity contribution < 1.29 is 4.79 Å². The molecule has 0 spiro atoms. The predicted octanol–water partition coefficient (Wildman–Crippen LogP) is 0.434. The normalized spacial score (nSPS) is 9.75. The van der Waals surface area contributed by atoms with E-state index in [0.29, 0.717) is 6.54 Å². The highest BCUT2D eigenvalue weighted by molar-refractivity contribution is 5.71. The smallest absolute Gasteiger partial charge is 0.312 e. The topological polar surface area (TPSA) is 67.2 Å². The summed E-state index contributed by atoms with van der Waals surface area (Å²) in [7, 11) is 1.95. The molecule has 0 rings (SSSR count). The number of nitrogens with one attached hydrogen (secondary N) is 2. The molecule has 0 fully saturated rings. The second-order valence-corrected chi connectivity index (χ2v) is 2.81. The molecule has 0 heterocycles. The molecule has 12 heavy (non-hydrogen) atoms. The Labute approximate surface area is 73.9 Å². The zero-order valence-corrected chi connectivity index (χ0v) is 7.73. The number of carbonyl (C=O) groups is 1. The molecular formula is C8H19N3O. The zero-order valence-electron chi connectivity index (χ0n) is 7.73. The number of carbonyl (C=O) groups excluding carboxylic acids is 1. The standard InChI is InChI=1S/C8H19N3O/c1-10-6-4-2-3-5-7-11-8(9)12/h10H,2-7H2,1H3,(H3,9,11,12). The first-order valence-corrected chi connectivity index (χ1v) is 4.45. The number of primary amides is 1. The summed E-state index contributed by atoms with van der Waals surface area (Å²) in [6, 6.07) is -0.426. The van der Waals surface area contributed by atoms with Gasteiger partial charge in [-0.1, -0.05) is 12.8 Å². The van der Waals surface area contributed by atoms with Crippen molar-refractivity contribution in [3.63, 3.8) is 0 Å². The molecule has 2 amide bonds. The summed E-state index contributed by atoms with van der Waals surface area (Å²) < 4.78 is 0. The minimum Gasteiger partial charge on any atom is -0.352 e. The van der Waals surface area contributed by atoms with E-state index in [2.05, 4.69) is 10.6 Å². The van der Waals surface area contributed by atoms with Crippen LogP contribution in [0, 0.1) is 0 Å². The number of amides is 2. The fraction of sp³-hybridized carbons (Fsp3) is 0.875. The molecule has 0 bridgehead atoms. The summed E-state index contributed by atoms with van der Waals surface area (Å²) in [5.41, 5.74) is 4.89. The van der Waals surface area contributed by atoms with Gasteiger partial charge < -0.3 is 16.4 Å². The Morgan fingerprint density at radius 3 is 2.25 bits per heavy atom. The van der Waals surface area contributed by atoms with Gasteiger partial charge in [0.2, 0.25) is 0 Å². The Hall–Kier alpha value is -0.770. The van der Waals surface area contributed by atoms with Gasteiger partial charge in [0, 0.05) is 6.54 Å². The lowest BCUT2D eigenvalue weighted by molar-refractivity contribution is 0.248. The first-order valence-electron chi connectivity index (χ1n) is 4.45. The number of rotatable bonds is 7. The van der Waals surface area contributed by atoms with Crippen LogP contribution >= 0.6 is 0 Å². The molecule has 0 saturated carbocycles. The van der Waals surface area contributed by atoms with Gasteiger partial charge in [-0.3, -0.25) is 0 Å². The minimum atomic E-state index is -0.426. The van der Waals surface area contributed by atoms with Crippen LogP contribution in [-0.4, -0.2) is 26.2 Å². The van der Waals surface area contributed by atoms with Crippen LogP contribution in [0.4, 0.5) is 4.79 Å². The maximum atomic E-state index is 10.2. The van der Waals surface area contributed by atoms with Gasteiger partial charge in [-0.25, -0.2) is 4.79 Å². The van der Waals surface area contributed by atoms with Crippen LogP contribution in [-0.2, 0) is 0 Å². The summed E-state index contributed by atoms with van der Waals surface area (Å²) in [5.74, 6) is 0. The highest BCUT2D eigenvalue weighted by Crippen LogP contribution is 1.97. The quantitative estimate of drug-likeness (QED) is 0.489. The summed E-state index contributed by atoms with van der Waals surface area (Å²) in [6.45, 7) is 1.78. The largest absolute Gasteiger partial charge is 0.352 e. The van der Waals surface area contributed by atoms with Crippen molar-refractivity contribution in [2.45, 2.75) is 25.7 Å². The fourth-order valence-electron chi connectivity index (χ4n) is 0.992. The third-order valence-corrected chi connectivity index (χ3v) is 1.65. The minimum absolute atomic E-state index is 0.426. The van der Waals surface area contributed by atoms with Gasteiger partial charge >= 0.3 is 6.03 Å². The fourth-order valence-corrected chi connectivity index (χ4v) is 0.992. The number of nitrogens with two attached hydrogens (primary N) is 1. The molecule has 4 heteroatoms. The molecule has 0 radical (unpaired) electrons. The van der Waals surface area contributed by atoms with Crippen LogP contribution in [0.15, 0.2) is 0 Å². The van der Waals surface area contributed by atoms with E-state index in [1.165, 1.54) is 12.8 Å². The predicted molar refractivity (Wildman–Crippen MR) is 50.0 cm³/mol. The van der Waals surface area contributed by atoms with Gasteiger partial charge in [-0.2, -0.15) is 0 Å². The van der Waals surface area contributed by atoms with Crippen molar-refractivity contribution in [3.05, 3.63) is 0 Å². The first kappa shape index (κ1) is 11.2. The molecule has 0 aromatic rings. The van der Waals surface area contributed by atoms with Crippen LogP contribution in [0.3, 0.4) is 0 Å². The van der Waals surface area contributed by atoms with E-state index >= 15 is 0 Å². The third-order valence-electron chi connectivity index (χ3n) is 1.65. The van der Waals surface area contributed by atoms with Crippen molar-refractivity contribution in [1.82, 2.24) is 10.6 Å². The number of urea groups is 1. The van der Waals surface area contributed by atoms with E-state index in [-0.39, 0.29) is 0 Å². The summed E-state index contributed by atoms with van der Waals surface area (Å²) in [4.78, 5) is 10.2. The van der Waals surface area contributed by atoms with Crippen LogP contribution in [0.25, 0.3) is 0 Å². The summed E-state index contributed by atoms with van der Waals surface area (Å²) in [5, 5.41) is 5.65. The number of hydrogen-bond acceptors (Lipinski definition) is 2. The van der Waals surface area contributed by atoms with Crippen LogP contribution in [0.2, 0.25) is 0 Å². The Morgan fingerprint density at radius 1 is 1.17 bits per heavy atom. The monoisotopic (exact) mass is 173 g/mol. The van der Waals surface area contributed by atoms with E-state index < -0.39 is 6.03 Å². The second kappa shape index (κ2) is 8.33. The Bertz CT molecular complexity index is 117. The maximum absolute atomic E-state index is 10.2. The molecule has 0 aliphatic heterocycles. The summed E-state index contributed by atoms with van der Waals surface area (Å²) in [6.07, 6.45) is 4.59. The highest BCUT2D eigenvalue weighted by atomic mass is 16.2. The van der Waals surface area contributed by atoms with E-state index in [1.807, 2.05) is 7.05 Å². The van der Waals surface area contributed by atoms with Gasteiger partial charge in [0.1, 0.15) is 0 Å². The van der Waals surface area contributed by atoms with Crippen molar-refractivity contribution in [1.29, 1.82) is 0 Å². The average Bonchev–Trinajstić information content (AvgIpc) is 2.02. The Balaban J connectivity index is 2.86. The van der Waals surface area contributed by atoms with Gasteiger partial charge in [0.05, 0.1) is 0 Å². The molecular weight excluding hydrogens is 154 g/mol. The number of hydrogen-bond donors (Lipinski definition) is 3. The van der Waals surface area contributed by atoms with Crippen molar-refractivity contribution in [2.75, 3.05) is 20.1 Å². The SMILES string of the molecule is CNCCCCCCNC(N)=O. The lowest BCUT2D eigenvalue weighted by atomic mass is 10.2. The van der Waals surface area contributed by atoms with Crippen LogP contribution in [0.5, 0.6) is 0 Å². The van der Waals surface area contributed by atoms with Crippen molar-refractivity contribution in [2.24, 2.45) is 5.73 Å². The van der Waals surface area contributed by atoms with Crippen molar-refractivity contribution >= 4 is 6.03 Å². The van der Waals surface area contributed by atoms with E-state index in [1.54, 1.807) is 0 Å². The molecule has 4 N–H and O–H groups in total. The molecule has 0 atom stereocenters. The second-order valence-electron chi connectivity index (χ2n) is 2.81. The Kier molecular flexibility index (Phi) is 7.79. The van der Waals surface area contributed by atoms with Gasteiger partial charge in [0.15, 0.2) is 0 Å². The Morgan fingerprint density at radius 2 is 1.75 bits per heavy atom. The van der Waals surface area contributed by atoms with E-state index in [9.17, 15) is 4.79 Å². The molecule has 0 aromatic heterocycles. The maximum Gasteiger partial charge on any atom is 0.312 e. The van der Waals surface area contributed by atoms with Crippen LogP contribution in [0.1, 0.15) is 25.7 Å². The molecule has 72 valence electrons. The lowest BCUT2D eigenvalue weighted by Gasteiger charge is -2.01. The molecule has 0 aliphatic rings. The van der Waals surface area contributed by atoms with Crippen LogP contribution < -0.4 is 16.4 Å². The summed E-state index contributed by atoms with van der Waals surface area (Å²) >= 11 is 0. The zero-order chi connectivity index (χ0) is 9.23. The van der Waals surface area contributed by atoms with Gasteiger partial charge in [-0.15, -0.1) is 0 Å². The van der Waals surface area contributed by atoms with E-state index in [0.717, 1.165) is 19.4 Å². The van der Waals surface area contributed by atoms with Crippen molar-refractivity contribution in [3.8, 4) is 0 Å². The van der Waals surface area contributed by atoms with E-state index in [4.69, 9.17) is 5.73 Å². The third kappa shape index (κ3) is 9.23. The highest BCUT2D eigenvalue weighted by Gasteiger charge is 1.91. The van der Waals surface area contributed by atoms with Gasteiger partial charge in [-0.05, 0) is 26.4 Å². The first-order chi connectivity index (χ1) is 5.77. The molecule has 0 aliphatic carbocycles. The molecule has 0 saturated heterocycles. The average molecular weight is 173 g/mol. The van der Waals surface area contributed by atoms with Gasteiger partial charge in [0.25, 0.3) is 0 Å². The molecule has 0 aromatic carbocycles. The molecule has 0 unspecified atom stereocenters. The lowest BCUT2D eigenvalue weighted by Crippen LogP contribution is -2.29. The molecule has 4 nitrogen and oxygen atoms in total.